The van der Waals surface area contributed by atoms with Crippen LogP contribution in [-0.4, -0.2) is 25.8 Å². The number of anilines is 2. The van der Waals surface area contributed by atoms with E-state index in [0.29, 0.717) is 12.3 Å². The highest BCUT2D eigenvalue weighted by atomic mass is 32.1. The van der Waals surface area contributed by atoms with Crippen LogP contribution in [0.3, 0.4) is 0 Å². The summed E-state index contributed by atoms with van der Waals surface area (Å²) in [6.07, 6.45) is 2.06. The molecule has 3 N–H and O–H groups in total. The van der Waals surface area contributed by atoms with E-state index in [1.807, 2.05) is 79.0 Å². The second-order valence-corrected chi connectivity index (χ2v) is 7.93. The third-order valence-electron chi connectivity index (χ3n) is 4.47. The molecule has 29 heavy (non-hydrogen) atoms. The highest BCUT2D eigenvalue weighted by molar-refractivity contribution is 7.12. The molecule has 1 aromatic heterocycles. The van der Waals surface area contributed by atoms with Crippen molar-refractivity contribution in [3.63, 3.8) is 0 Å². The number of hydrogen-bond acceptors (Lipinski definition) is 4. The van der Waals surface area contributed by atoms with E-state index < -0.39 is 0 Å². The molecule has 0 atom stereocenters. The van der Waals surface area contributed by atoms with Crippen LogP contribution in [-0.2, 0) is 11.2 Å². The Morgan fingerprint density at radius 3 is 2.59 bits per heavy atom. The number of nitrogens with two attached hydrogens (primary N) is 1. The van der Waals surface area contributed by atoms with Crippen LogP contribution in [0.1, 0.15) is 23.3 Å². The summed E-state index contributed by atoms with van der Waals surface area (Å²) >= 11 is 1.57. The van der Waals surface area contributed by atoms with Gasteiger partial charge in [-0.1, -0.05) is 18.2 Å². The van der Waals surface area contributed by atoms with E-state index in [2.05, 4.69) is 16.4 Å². The molecule has 0 fully saturated rings. The van der Waals surface area contributed by atoms with Gasteiger partial charge in [0.1, 0.15) is 5.84 Å². The predicted octanol–water partition coefficient (Wildman–Crippen LogP) is 4.81. The third-order valence-corrected chi connectivity index (χ3v) is 5.36. The summed E-state index contributed by atoms with van der Waals surface area (Å²) in [4.78, 5) is 19.7. The molecule has 0 saturated carbocycles. The molecule has 1 amide bonds. The van der Waals surface area contributed by atoms with Gasteiger partial charge < -0.3 is 16.0 Å². The Morgan fingerprint density at radius 1 is 1.10 bits per heavy atom. The van der Waals surface area contributed by atoms with Crippen molar-refractivity contribution in [1.82, 2.24) is 0 Å². The number of carbonyl (C=O) groups excluding carboxylic acids is 1. The van der Waals surface area contributed by atoms with Crippen molar-refractivity contribution >= 4 is 40.1 Å². The molecule has 0 aliphatic rings. The molecule has 5 nitrogen and oxygen atoms in total. The number of thiophene rings is 1. The summed E-state index contributed by atoms with van der Waals surface area (Å²) < 4.78 is 0. The second kappa shape index (κ2) is 9.89. The van der Waals surface area contributed by atoms with Crippen LogP contribution in [0.2, 0.25) is 0 Å². The summed E-state index contributed by atoms with van der Waals surface area (Å²) in [5.41, 5.74) is 9.97. The highest BCUT2D eigenvalue weighted by Crippen LogP contribution is 2.19. The molecule has 2 aromatic carbocycles. The molecule has 0 aliphatic carbocycles. The summed E-state index contributed by atoms with van der Waals surface area (Å²) in [5.74, 6) is 0.551. The van der Waals surface area contributed by atoms with E-state index in [1.54, 1.807) is 11.3 Å². The Morgan fingerprint density at radius 2 is 1.90 bits per heavy atom. The first-order valence-corrected chi connectivity index (χ1v) is 10.4. The average Bonchev–Trinajstić information content (AvgIpc) is 3.24. The minimum atomic E-state index is 0.0266. The fourth-order valence-corrected chi connectivity index (χ4v) is 3.55. The van der Waals surface area contributed by atoms with Gasteiger partial charge in [0.15, 0.2) is 0 Å². The maximum absolute atomic E-state index is 12.2. The van der Waals surface area contributed by atoms with Crippen molar-refractivity contribution in [2.75, 3.05) is 24.3 Å². The van der Waals surface area contributed by atoms with Crippen LogP contribution >= 0.6 is 11.3 Å². The lowest BCUT2D eigenvalue weighted by atomic mass is 10.1. The van der Waals surface area contributed by atoms with Gasteiger partial charge in [0, 0.05) is 31.9 Å². The lowest BCUT2D eigenvalue weighted by Gasteiger charge is -2.13. The first-order valence-electron chi connectivity index (χ1n) is 9.55. The van der Waals surface area contributed by atoms with Crippen molar-refractivity contribution in [3.8, 4) is 0 Å². The van der Waals surface area contributed by atoms with Crippen molar-refractivity contribution in [2.24, 2.45) is 10.7 Å². The van der Waals surface area contributed by atoms with E-state index in [0.717, 1.165) is 40.3 Å². The maximum atomic E-state index is 12.2. The summed E-state index contributed by atoms with van der Waals surface area (Å²) in [7, 11) is 3.98. The van der Waals surface area contributed by atoms with Gasteiger partial charge >= 0.3 is 0 Å². The number of benzene rings is 2. The normalized spacial score (nSPS) is 11.3. The van der Waals surface area contributed by atoms with Crippen LogP contribution in [0.5, 0.6) is 0 Å². The summed E-state index contributed by atoms with van der Waals surface area (Å²) in [5, 5.41) is 4.93. The number of nitrogens with one attached hydrogen (secondary N) is 1. The zero-order chi connectivity index (χ0) is 20.6. The minimum absolute atomic E-state index is 0.0266. The Labute approximate surface area is 175 Å². The molecular formula is C23H26N4OS. The molecule has 0 aliphatic heterocycles. The van der Waals surface area contributed by atoms with Crippen LogP contribution < -0.4 is 16.0 Å². The molecule has 0 bridgehead atoms. The van der Waals surface area contributed by atoms with Gasteiger partial charge in [0.2, 0.25) is 5.91 Å². The largest absolute Gasteiger partial charge is 0.383 e. The number of carbonyl (C=O) groups is 1. The molecule has 0 saturated heterocycles. The maximum Gasteiger partial charge on any atom is 0.224 e. The zero-order valence-electron chi connectivity index (χ0n) is 16.8. The van der Waals surface area contributed by atoms with E-state index in [-0.39, 0.29) is 5.91 Å². The lowest BCUT2D eigenvalue weighted by molar-refractivity contribution is -0.116. The van der Waals surface area contributed by atoms with E-state index in [9.17, 15) is 4.79 Å². The van der Waals surface area contributed by atoms with Crippen LogP contribution in [0.25, 0.3) is 0 Å². The first kappa shape index (κ1) is 20.6. The van der Waals surface area contributed by atoms with E-state index in [4.69, 9.17) is 5.73 Å². The van der Waals surface area contributed by atoms with Crippen LogP contribution in [0.15, 0.2) is 71.0 Å². The number of amides is 1. The standard InChI is InChI=1S/C23H26N4OS/c1-27(2)20-13-11-18(12-14-20)25-22(28)10-4-7-17-6-3-8-19(16-17)26-23(24)21-9-5-15-29-21/h3,5-6,8-9,11-16H,4,7,10H2,1-2H3,(H2,24,26)(H,25,28). The van der Waals surface area contributed by atoms with Crippen LogP contribution in [0.4, 0.5) is 17.1 Å². The molecule has 1 heterocycles. The summed E-state index contributed by atoms with van der Waals surface area (Å²) in [6.45, 7) is 0. The van der Waals surface area contributed by atoms with E-state index >= 15 is 0 Å². The van der Waals surface area contributed by atoms with Gasteiger partial charge in [-0.3, -0.25) is 4.79 Å². The van der Waals surface area contributed by atoms with Crippen LogP contribution in [0, 0.1) is 0 Å². The topological polar surface area (TPSA) is 70.7 Å². The molecule has 0 radical (unpaired) electrons. The average molecular weight is 407 g/mol. The van der Waals surface area contributed by atoms with Gasteiger partial charge in [-0.15, -0.1) is 11.3 Å². The number of rotatable bonds is 8. The van der Waals surface area contributed by atoms with Crippen molar-refractivity contribution in [3.05, 3.63) is 76.5 Å². The Hall–Kier alpha value is -3.12. The van der Waals surface area contributed by atoms with Crippen molar-refractivity contribution in [1.29, 1.82) is 0 Å². The predicted molar refractivity (Wildman–Crippen MR) is 123 cm³/mol. The van der Waals surface area contributed by atoms with E-state index in [1.165, 1.54) is 0 Å². The smallest absolute Gasteiger partial charge is 0.224 e. The molecule has 3 rings (SSSR count). The molecule has 6 heteroatoms. The van der Waals surface area contributed by atoms with Gasteiger partial charge in [-0.2, -0.15) is 0 Å². The van der Waals surface area contributed by atoms with Crippen molar-refractivity contribution in [2.45, 2.75) is 19.3 Å². The molecular weight excluding hydrogens is 380 g/mol. The van der Waals surface area contributed by atoms with Crippen molar-refractivity contribution < 1.29 is 4.79 Å². The third kappa shape index (κ3) is 6.19. The number of amidine groups is 1. The quantitative estimate of drug-likeness (QED) is 0.416. The zero-order valence-corrected chi connectivity index (χ0v) is 17.6. The Kier molecular flexibility index (Phi) is 7.03. The minimum Gasteiger partial charge on any atom is -0.383 e. The SMILES string of the molecule is CN(C)c1ccc(NC(=O)CCCc2cccc(N=C(N)c3cccs3)c2)cc1. The lowest BCUT2D eigenvalue weighted by Crippen LogP contribution is -2.12. The number of hydrogen-bond donors (Lipinski definition) is 2. The number of aliphatic imine (C=N–C) groups is 1. The monoisotopic (exact) mass is 406 g/mol. The second-order valence-electron chi connectivity index (χ2n) is 6.99. The Balaban J connectivity index is 1.50. The fraction of sp³-hybridized carbons (Fsp3) is 0.217. The van der Waals surface area contributed by atoms with Gasteiger partial charge in [0.25, 0.3) is 0 Å². The Bertz CT molecular complexity index is 963. The van der Waals surface area contributed by atoms with Gasteiger partial charge in [-0.25, -0.2) is 4.99 Å². The number of nitrogens with zero attached hydrogens (tertiary/aromatic N) is 2. The number of aryl methyl sites for hydroxylation is 1. The summed E-state index contributed by atoms with van der Waals surface area (Å²) in [6, 6.07) is 19.7. The van der Waals surface area contributed by atoms with Gasteiger partial charge in [-0.05, 0) is 66.2 Å². The molecule has 150 valence electrons. The first-order chi connectivity index (χ1) is 14.0. The molecule has 0 unspecified atom stereocenters. The molecule has 3 aromatic rings. The molecule has 0 spiro atoms. The van der Waals surface area contributed by atoms with Gasteiger partial charge in [0.05, 0.1) is 10.6 Å². The fourth-order valence-electron chi connectivity index (χ4n) is 2.92. The highest BCUT2D eigenvalue weighted by Gasteiger charge is 2.05.